The fourth-order valence-corrected chi connectivity index (χ4v) is 23.6. The molecule has 3 heterocycles. The van der Waals surface area contributed by atoms with Gasteiger partial charge in [0.2, 0.25) is 0 Å². The summed E-state index contributed by atoms with van der Waals surface area (Å²) in [6, 6.07) is 0.0726. The van der Waals surface area contributed by atoms with Crippen molar-refractivity contribution in [2.24, 2.45) is 0 Å². The van der Waals surface area contributed by atoms with Crippen LogP contribution in [0.1, 0.15) is 79.2 Å². The first-order valence-corrected chi connectivity index (χ1v) is 21.3. The van der Waals surface area contributed by atoms with E-state index in [0.29, 0.717) is 0 Å². The normalized spacial score (nSPS) is 24.4. The molecule has 8 heteroatoms. The summed E-state index contributed by atoms with van der Waals surface area (Å²) in [4.78, 5) is 13.6. The van der Waals surface area contributed by atoms with Gasteiger partial charge in [0.15, 0.2) is 0 Å². The van der Waals surface area contributed by atoms with Gasteiger partial charge in [0.05, 0.1) is 0 Å². The van der Waals surface area contributed by atoms with Gasteiger partial charge in [-0.3, -0.25) is 0 Å². The van der Waals surface area contributed by atoms with Gasteiger partial charge >= 0.3 is 218 Å². The van der Waals surface area contributed by atoms with Gasteiger partial charge in [-0.1, -0.05) is 0 Å². The van der Waals surface area contributed by atoms with Crippen LogP contribution in [0, 0.1) is 3.70 Å². The zero-order valence-corrected chi connectivity index (χ0v) is 25.8. The maximum atomic E-state index is 6.69. The molecule has 0 saturated carbocycles. The van der Waals surface area contributed by atoms with Gasteiger partial charge in [-0.25, -0.2) is 0 Å². The maximum absolute atomic E-state index is 6.69. The van der Waals surface area contributed by atoms with Gasteiger partial charge in [-0.2, -0.15) is 0 Å². The van der Waals surface area contributed by atoms with Crippen LogP contribution < -0.4 is 0 Å². The van der Waals surface area contributed by atoms with E-state index in [1.807, 2.05) is 6.33 Å². The van der Waals surface area contributed by atoms with Crippen molar-refractivity contribution in [3.05, 3.63) is 26.0 Å². The molecule has 1 saturated heterocycles. The molecule has 0 N–H and O–H groups in total. The molecular formula is C25H39IN4O2Sn. The van der Waals surface area contributed by atoms with Crippen molar-refractivity contribution in [2.45, 2.75) is 110 Å². The Bertz CT molecular complexity index is 970. The molecule has 0 spiro atoms. The zero-order chi connectivity index (χ0) is 23.6. The molecule has 1 fully saturated rings. The molecule has 2 aliphatic rings. The predicted octanol–water partition coefficient (Wildman–Crippen LogP) is 6.82. The van der Waals surface area contributed by atoms with Crippen LogP contribution in [-0.2, 0) is 9.47 Å². The van der Waals surface area contributed by atoms with Crippen LogP contribution in [-0.4, -0.2) is 55.9 Å². The average molecular weight is 673 g/mol. The van der Waals surface area contributed by atoms with E-state index in [-0.39, 0.29) is 18.2 Å². The number of fused-ring (bicyclic) bond motifs is 2. The number of aromatic nitrogens is 4. The molecule has 2 aromatic rings. The van der Waals surface area contributed by atoms with E-state index in [2.05, 4.69) is 82.8 Å². The number of nitrogens with zero attached hydrogens (tertiary/aromatic N) is 4. The first kappa shape index (κ1) is 25.8. The van der Waals surface area contributed by atoms with E-state index in [1.165, 1.54) is 51.8 Å². The van der Waals surface area contributed by atoms with Crippen molar-refractivity contribution in [1.82, 2.24) is 19.5 Å². The Morgan fingerprint density at radius 3 is 2.21 bits per heavy atom. The first-order chi connectivity index (χ1) is 15.9. The molecule has 0 bridgehead atoms. The van der Waals surface area contributed by atoms with Gasteiger partial charge in [-0.05, 0) is 0 Å². The van der Waals surface area contributed by atoms with Crippen LogP contribution in [0.4, 0.5) is 0 Å². The molecule has 0 aromatic carbocycles. The van der Waals surface area contributed by atoms with Crippen LogP contribution in [0.2, 0.25) is 13.3 Å². The topological polar surface area (TPSA) is 62.1 Å². The van der Waals surface area contributed by atoms with E-state index in [1.54, 1.807) is 9.92 Å². The van der Waals surface area contributed by atoms with Crippen LogP contribution in [0.15, 0.2) is 22.3 Å². The molecule has 182 valence electrons. The quantitative estimate of drug-likeness (QED) is 0.149. The molecule has 0 amide bonds. The minimum absolute atomic E-state index is 0.0130. The number of imidazole rings is 1. The van der Waals surface area contributed by atoms with Crippen molar-refractivity contribution >= 4 is 52.1 Å². The van der Waals surface area contributed by atoms with E-state index >= 15 is 0 Å². The third kappa shape index (κ3) is 5.16. The van der Waals surface area contributed by atoms with Crippen molar-refractivity contribution in [3.8, 4) is 0 Å². The van der Waals surface area contributed by atoms with E-state index < -0.39 is 24.2 Å². The van der Waals surface area contributed by atoms with Crippen LogP contribution >= 0.6 is 22.6 Å². The monoisotopic (exact) mass is 674 g/mol. The Labute approximate surface area is 216 Å². The fourth-order valence-electron chi connectivity index (χ4n) is 5.77. The second kappa shape index (κ2) is 10.8. The predicted molar refractivity (Wildman–Crippen MR) is 144 cm³/mol. The molecule has 3 atom stereocenters. The summed E-state index contributed by atoms with van der Waals surface area (Å²) in [5.74, 6) is -0.565. The Balaban J connectivity index is 1.82. The van der Waals surface area contributed by atoms with Crippen LogP contribution in [0.3, 0.4) is 0 Å². The van der Waals surface area contributed by atoms with E-state index in [0.717, 1.165) is 14.9 Å². The SMILES string of the molecule is CCC[CH2][Sn]([CH2]CCC)([CH2]CCC)[C]1=C[C@@H](n2cnc3c(I)ncnc32)[C@@H]2OC(C)(C)O[C@H]12. The Morgan fingerprint density at radius 1 is 0.970 bits per heavy atom. The minimum atomic E-state index is -2.69. The Kier molecular flexibility index (Phi) is 8.44. The molecule has 2 aromatic heterocycles. The second-order valence-corrected chi connectivity index (χ2v) is 24.5. The summed E-state index contributed by atoms with van der Waals surface area (Å²) in [6.07, 6.45) is 14.0. The Hall–Kier alpha value is -0.261. The molecule has 6 nitrogen and oxygen atoms in total. The summed E-state index contributed by atoms with van der Waals surface area (Å²) < 4.78 is 22.4. The molecular weight excluding hydrogens is 634 g/mol. The number of ether oxygens (including phenoxy) is 2. The van der Waals surface area contributed by atoms with Gasteiger partial charge < -0.3 is 0 Å². The molecule has 0 unspecified atom stereocenters. The summed E-state index contributed by atoms with van der Waals surface area (Å²) in [5.41, 5.74) is 1.76. The fraction of sp³-hybridized carbons (Fsp3) is 0.720. The van der Waals surface area contributed by atoms with Crippen molar-refractivity contribution in [1.29, 1.82) is 0 Å². The third-order valence-electron chi connectivity index (χ3n) is 7.40. The second-order valence-electron chi connectivity index (χ2n) is 10.2. The van der Waals surface area contributed by atoms with E-state index in [4.69, 9.17) is 9.47 Å². The summed E-state index contributed by atoms with van der Waals surface area (Å²) in [6.45, 7) is 11.1. The summed E-state index contributed by atoms with van der Waals surface area (Å²) >= 11 is -0.440. The third-order valence-corrected chi connectivity index (χ3v) is 24.2. The molecule has 33 heavy (non-hydrogen) atoms. The molecule has 4 rings (SSSR count). The van der Waals surface area contributed by atoms with E-state index in [9.17, 15) is 0 Å². The Morgan fingerprint density at radius 2 is 1.61 bits per heavy atom. The van der Waals surface area contributed by atoms with Crippen LogP contribution in [0.5, 0.6) is 0 Å². The number of unbranched alkanes of at least 4 members (excludes halogenated alkanes) is 3. The van der Waals surface area contributed by atoms with Crippen molar-refractivity contribution in [2.75, 3.05) is 0 Å². The standard InChI is InChI=1S/C13H12IN4O2.3C4H9.Sn/c1-13(2)19-8-4-3-7(10(8)20-13)18-6-17-9-11(14)15-5-16-12(9)18;3*1-3-4-2;/h3,5-8,10H,1-2H3;3*1,3-4H2,2H3;/t7-,8-,10+;;;;/m1..../s1. The number of halogens is 1. The number of hydrogen-bond acceptors (Lipinski definition) is 5. The van der Waals surface area contributed by atoms with Crippen molar-refractivity contribution < 1.29 is 9.47 Å². The molecule has 1 aliphatic heterocycles. The average Bonchev–Trinajstić information content (AvgIpc) is 3.45. The van der Waals surface area contributed by atoms with Crippen LogP contribution in [0.25, 0.3) is 11.2 Å². The number of hydrogen-bond donors (Lipinski definition) is 0. The first-order valence-electron chi connectivity index (χ1n) is 12.8. The zero-order valence-electron chi connectivity index (χ0n) is 20.8. The summed E-state index contributed by atoms with van der Waals surface area (Å²) in [7, 11) is 0. The summed E-state index contributed by atoms with van der Waals surface area (Å²) in [5, 5.41) is 0. The van der Waals surface area contributed by atoms with Gasteiger partial charge in [0.1, 0.15) is 0 Å². The van der Waals surface area contributed by atoms with Gasteiger partial charge in [0, 0.05) is 0 Å². The van der Waals surface area contributed by atoms with Gasteiger partial charge in [0.25, 0.3) is 0 Å². The number of rotatable bonds is 11. The van der Waals surface area contributed by atoms with Crippen molar-refractivity contribution in [3.63, 3.8) is 0 Å². The molecule has 0 radical (unpaired) electrons. The van der Waals surface area contributed by atoms with Gasteiger partial charge in [-0.15, -0.1) is 0 Å². The molecule has 1 aliphatic carbocycles.